The van der Waals surface area contributed by atoms with Crippen LogP contribution in [0.2, 0.25) is 0 Å². The van der Waals surface area contributed by atoms with E-state index in [4.69, 9.17) is 9.72 Å². The minimum absolute atomic E-state index is 0.163. The Labute approximate surface area is 246 Å². The summed E-state index contributed by atoms with van der Waals surface area (Å²) >= 11 is 0. The van der Waals surface area contributed by atoms with Gasteiger partial charge in [0.2, 0.25) is 0 Å². The summed E-state index contributed by atoms with van der Waals surface area (Å²) in [5.41, 5.74) is 0.180. The number of ether oxygens (including phenoxy) is 1. The third-order valence-electron chi connectivity index (χ3n) is 7.56. The van der Waals surface area contributed by atoms with Crippen molar-refractivity contribution < 1.29 is 23.2 Å². The van der Waals surface area contributed by atoms with Crippen molar-refractivity contribution in [2.24, 2.45) is 5.92 Å². The van der Waals surface area contributed by atoms with Crippen LogP contribution in [0.4, 0.5) is 14.9 Å². The number of β-amino-alcohol motifs (C(OH)–C–C–N with tert-alkyl or cyclic N) is 1. The van der Waals surface area contributed by atoms with Crippen molar-refractivity contribution >= 4 is 22.8 Å². The van der Waals surface area contributed by atoms with Crippen LogP contribution in [0, 0.1) is 11.7 Å². The number of nitrogens with one attached hydrogen (secondary N) is 2. The molecule has 4 atom stereocenters. The van der Waals surface area contributed by atoms with Gasteiger partial charge in [-0.15, -0.1) is 0 Å². The van der Waals surface area contributed by atoms with E-state index < -0.39 is 44.9 Å². The standard InChI is InChI=1S/C31H45FN4O4S/c1-29(2,3)40-28(38)36-20-24(37)18-23(36)19-34-26-17-22(12-13-25(26)32)31(15-14-21-10-11-21,27-9-7-8-16-33-27)35-41(39)30(4,5)6/h7-9,12-13,16-17,21,23-24,34-35,37H,10-11,14-15,18-20H2,1-6H3/t23-,24-,31?,41+/m1/s1. The lowest BCUT2D eigenvalue weighted by molar-refractivity contribution is 0.0216. The lowest BCUT2D eigenvalue weighted by Gasteiger charge is -2.37. The minimum atomic E-state index is -1.43. The summed E-state index contributed by atoms with van der Waals surface area (Å²) in [7, 11) is -1.43. The van der Waals surface area contributed by atoms with E-state index in [-0.39, 0.29) is 24.8 Å². The molecule has 0 radical (unpaired) electrons. The van der Waals surface area contributed by atoms with Crippen molar-refractivity contribution in [2.45, 2.75) is 102 Å². The number of rotatable bonds is 10. The summed E-state index contributed by atoms with van der Waals surface area (Å²) in [6, 6.07) is 10.2. The van der Waals surface area contributed by atoms with E-state index in [1.807, 2.05) is 39.0 Å². The number of aromatic nitrogens is 1. The van der Waals surface area contributed by atoms with E-state index in [9.17, 15) is 14.1 Å². The molecule has 1 aromatic carbocycles. The molecule has 10 heteroatoms. The SMILES string of the molecule is CC(C)(C)OC(=O)N1C[C@H](O)C[C@@H]1CNc1cc(C(CCC2CC2)(N[S@@](=O)C(C)(C)C)c2ccccn2)ccc1F. The average Bonchev–Trinajstić information content (AvgIpc) is 3.64. The molecule has 1 amide bonds. The Bertz CT molecular complexity index is 1230. The van der Waals surface area contributed by atoms with E-state index in [0.717, 1.165) is 17.7 Å². The molecular weight excluding hydrogens is 543 g/mol. The first kappa shape index (κ1) is 31.4. The largest absolute Gasteiger partial charge is 0.444 e. The summed E-state index contributed by atoms with van der Waals surface area (Å²) < 4.78 is 37.3. The van der Waals surface area contributed by atoms with Crippen LogP contribution in [0.1, 0.15) is 84.9 Å². The van der Waals surface area contributed by atoms with Gasteiger partial charge in [-0.05, 0) is 96.6 Å². The highest BCUT2D eigenvalue weighted by Crippen LogP contribution is 2.42. The summed E-state index contributed by atoms with van der Waals surface area (Å²) in [6.45, 7) is 11.5. The third-order valence-corrected chi connectivity index (χ3v) is 9.20. The summed E-state index contributed by atoms with van der Waals surface area (Å²) in [6.07, 6.45) is 4.84. The zero-order valence-corrected chi connectivity index (χ0v) is 25.9. The molecule has 2 aromatic rings. The minimum Gasteiger partial charge on any atom is -0.444 e. The van der Waals surface area contributed by atoms with Gasteiger partial charge in [-0.1, -0.05) is 25.0 Å². The molecule has 1 aliphatic carbocycles. The molecule has 1 aliphatic heterocycles. The maximum Gasteiger partial charge on any atom is 0.410 e. The molecule has 0 bridgehead atoms. The van der Waals surface area contributed by atoms with Gasteiger partial charge in [0.25, 0.3) is 0 Å². The van der Waals surface area contributed by atoms with Gasteiger partial charge >= 0.3 is 6.09 Å². The van der Waals surface area contributed by atoms with E-state index in [0.29, 0.717) is 18.8 Å². The van der Waals surface area contributed by atoms with Crippen LogP contribution < -0.4 is 10.0 Å². The maximum atomic E-state index is 15.3. The van der Waals surface area contributed by atoms with Gasteiger partial charge in [-0.3, -0.25) is 4.98 Å². The third kappa shape index (κ3) is 8.05. The molecule has 1 unspecified atom stereocenters. The fraction of sp³-hybridized carbons (Fsp3) is 0.613. The number of carbonyl (C=O) groups excluding carboxylic acids is 1. The number of aliphatic hydroxyl groups is 1. The zero-order chi connectivity index (χ0) is 30.0. The van der Waals surface area contributed by atoms with Crippen LogP contribution in [-0.2, 0) is 21.3 Å². The predicted octanol–water partition coefficient (Wildman–Crippen LogP) is 5.49. The number of hydrogen-bond acceptors (Lipinski definition) is 6. The number of carbonyl (C=O) groups is 1. The van der Waals surface area contributed by atoms with Crippen LogP contribution in [0.15, 0.2) is 42.6 Å². The second kappa shape index (κ2) is 12.4. The maximum absolute atomic E-state index is 15.3. The van der Waals surface area contributed by atoms with Crippen LogP contribution in [-0.4, -0.2) is 60.9 Å². The van der Waals surface area contributed by atoms with Crippen LogP contribution >= 0.6 is 0 Å². The molecule has 0 spiro atoms. The fourth-order valence-corrected chi connectivity index (χ4v) is 6.07. The number of pyridine rings is 1. The number of aliphatic hydroxyl groups excluding tert-OH is 1. The van der Waals surface area contributed by atoms with Crippen LogP contribution in [0.3, 0.4) is 0 Å². The first-order valence-electron chi connectivity index (χ1n) is 14.5. The fourth-order valence-electron chi connectivity index (χ4n) is 5.12. The van der Waals surface area contributed by atoms with Crippen molar-refractivity contribution in [3.05, 3.63) is 59.7 Å². The average molecular weight is 589 g/mol. The summed E-state index contributed by atoms with van der Waals surface area (Å²) in [4.78, 5) is 19.0. The Hall–Kier alpha value is -2.56. The second-order valence-electron chi connectivity index (χ2n) is 13.3. The van der Waals surface area contributed by atoms with Gasteiger partial charge in [0.05, 0.1) is 51.3 Å². The molecule has 41 heavy (non-hydrogen) atoms. The van der Waals surface area contributed by atoms with Crippen LogP contribution in [0.5, 0.6) is 0 Å². The highest BCUT2D eigenvalue weighted by atomic mass is 32.2. The first-order valence-corrected chi connectivity index (χ1v) is 15.7. The van der Waals surface area contributed by atoms with Gasteiger partial charge < -0.3 is 20.1 Å². The molecule has 1 aromatic heterocycles. The van der Waals surface area contributed by atoms with E-state index in [1.54, 1.807) is 39.1 Å². The quantitative estimate of drug-likeness (QED) is 0.339. The second-order valence-corrected chi connectivity index (χ2v) is 15.3. The number of hydrogen-bond donors (Lipinski definition) is 3. The Morgan fingerprint density at radius 3 is 2.51 bits per heavy atom. The first-order chi connectivity index (χ1) is 19.2. The molecule has 3 N–H and O–H groups in total. The lowest BCUT2D eigenvalue weighted by atomic mass is 9.82. The van der Waals surface area contributed by atoms with Crippen molar-refractivity contribution in [3.8, 4) is 0 Å². The Morgan fingerprint density at radius 1 is 1.17 bits per heavy atom. The van der Waals surface area contributed by atoms with Gasteiger partial charge in [-0.2, -0.15) is 0 Å². The van der Waals surface area contributed by atoms with Crippen molar-refractivity contribution in [3.63, 3.8) is 0 Å². The van der Waals surface area contributed by atoms with Crippen molar-refractivity contribution in [1.82, 2.24) is 14.6 Å². The number of nitrogens with zero attached hydrogens (tertiary/aromatic N) is 2. The van der Waals surface area contributed by atoms with Crippen LogP contribution in [0.25, 0.3) is 0 Å². The predicted molar refractivity (Wildman–Crippen MR) is 160 cm³/mol. The lowest BCUT2D eigenvalue weighted by Crippen LogP contribution is -2.49. The number of anilines is 1. The number of amides is 1. The summed E-state index contributed by atoms with van der Waals surface area (Å²) in [5, 5.41) is 13.5. The van der Waals surface area contributed by atoms with E-state index in [1.165, 1.54) is 23.8 Å². The highest BCUT2D eigenvalue weighted by molar-refractivity contribution is 7.84. The Morgan fingerprint density at radius 2 is 1.90 bits per heavy atom. The van der Waals surface area contributed by atoms with Crippen molar-refractivity contribution in [1.29, 1.82) is 0 Å². The monoisotopic (exact) mass is 588 g/mol. The molecular formula is C31H45FN4O4S. The topological polar surface area (TPSA) is 104 Å². The Kier molecular flexibility index (Phi) is 9.45. The normalized spacial score (nSPS) is 21.8. The number of likely N-dealkylation sites (tertiary alicyclic amines) is 1. The zero-order valence-electron chi connectivity index (χ0n) is 25.1. The van der Waals surface area contributed by atoms with Gasteiger partial charge in [-0.25, -0.2) is 18.1 Å². The molecule has 1 saturated heterocycles. The van der Waals surface area contributed by atoms with Crippen molar-refractivity contribution in [2.75, 3.05) is 18.4 Å². The molecule has 4 rings (SSSR count). The van der Waals surface area contributed by atoms with Gasteiger partial charge in [0, 0.05) is 12.7 Å². The summed E-state index contributed by atoms with van der Waals surface area (Å²) in [5.74, 6) is 0.179. The molecule has 2 heterocycles. The van der Waals surface area contributed by atoms with E-state index in [2.05, 4.69) is 10.0 Å². The smallest absolute Gasteiger partial charge is 0.410 e. The Balaban J connectivity index is 1.66. The van der Waals surface area contributed by atoms with E-state index >= 15 is 4.39 Å². The number of halogens is 1. The number of benzene rings is 1. The van der Waals surface area contributed by atoms with Gasteiger partial charge in [0.1, 0.15) is 11.4 Å². The highest BCUT2D eigenvalue weighted by Gasteiger charge is 2.41. The molecule has 226 valence electrons. The molecule has 2 aliphatic rings. The molecule has 1 saturated carbocycles. The van der Waals surface area contributed by atoms with Gasteiger partial charge in [0.15, 0.2) is 0 Å². The molecule has 2 fully saturated rings. The molecule has 8 nitrogen and oxygen atoms in total.